The van der Waals surface area contributed by atoms with Crippen LogP contribution in [0.5, 0.6) is 11.5 Å². The third-order valence-corrected chi connectivity index (χ3v) is 5.03. The van der Waals surface area contributed by atoms with Gasteiger partial charge in [-0.1, -0.05) is 30.3 Å². The first-order valence-electron chi connectivity index (χ1n) is 10.4. The minimum absolute atomic E-state index is 0.578. The van der Waals surface area contributed by atoms with Gasteiger partial charge in [-0.15, -0.1) is 0 Å². The molecule has 0 fully saturated rings. The molecule has 0 saturated carbocycles. The second-order valence-electron chi connectivity index (χ2n) is 8.24. The standard InChI is InChI=1S/C25H23N5O2/c1-25(2)31-20-13-11-17(14-21(20)32-25)19-12-10-18(15-26-19)23-27-22(16-8-6-5-7-9-16)28-24(29-23)30(3)4/h5-15H,1-4H3. The molecule has 5 rings (SSSR count). The second kappa shape index (κ2) is 7.60. The van der Waals surface area contributed by atoms with Crippen molar-refractivity contribution in [3.63, 3.8) is 0 Å². The maximum Gasteiger partial charge on any atom is 0.246 e. The predicted octanol–water partition coefficient (Wildman–Crippen LogP) is 4.84. The molecule has 0 amide bonds. The van der Waals surface area contributed by atoms with Gasteiger partial charge < -0.3 is 14.4 Å². The number of benzene rings is 2. The van der Waals surface area contributed by atoms with Gasteiger partial charge in [-0.05, 0) is 30.3 Å². The van der Waals surface area contributed by atoms with E-state index in [0.717, 1.165) is 33.9 Å². The Balaban J connectivity index is 1.49. The minimum Gasteiger partial charge on any atom is -0.449 e. The fraction of sp³-hybridized carbons (Fsp3) is 0.200. The first kappa shape index (κ1) is 19.9. The van der Waals surface area contributed by atoms with E-state index in [0.29, 0.717) is 17.6 Å². The molecule has 0 N–H and O–H groups in total. The fourth-order valence-corrected chi connectivity index (χ4v) is 3.49. The molecule has 0 bridgehead atoms. The number of hydrogen-bond acceptors (Lipinski definition) is 7. The van der Waals surface area contributed by atoms with Gasteiger partial charge in [0.1, 0.15) is 0 Å². The van der Waals surface area contributed by atoms with Crippen LogP contribution in [0.1, 0.15) is 13.8 Å². The van der Waals surface area contributed by atoms with Gasteiger partial charge in [0.25, 0.3) is 0 Å². The highest BCUT2D eigenvalue weighted by atomic mass is 16.7. The Morgan fingerprint density at radius 3 is 2.09 bits per heavy atom. The maximum absolute atomic E-state index is 5.86. The highest BCUT2D eigenvalue weighted by Gasteiger charge is 2.31. The molecule has 2 aromatic carbocycles. The second-order valence-corrected chi connectivity index (χ2v) is 8.24. The first-order valence-corrected chi connectivity index (χ1v) is 10.4. The van der Waals surface area contributed by atoms with Crippen LogP contribution in [0, 0.1) is 0 Å². The number of nitrogens with zero attached hydrogens (tertiary/aromatic N) is 5. The topological polar surface area (TPSA) is 73.3 Å². The van der Waals surface area contributed by atoms with Crippen molar-refractivity contribution in [3.8, 4) is 45.5 Å². The number of aromatic nitrogens is 4. The van der Waals surface area contributed by atoms with Crippen LogP contribution in [0.15, 0.2) is 66.9 Å². The zero-order valence-electron chi connectivity index (χ0n) is 18.4. The fourth-order valence-electron chi connectivity index (χ4n) is 3.49. The number of pyridine rings is 1. The molecule has 0 saturated heterocycles. The van der Waals surface area contributed by atoms with Gasteiger partial charge in [-0.3, -0.25) is 4.98 Å². The molecule has 0 aliphatic carbocycles. The van der Waals surface area contributed by atoms with Crippen molar-refractivity contribution in [3.05, 3.63) is 66.9 Å². The van der Waals surface area contributed by atoms with Crippen LogP contribution < -0.4 is 14.4 Å². The van der Waals surface area contributed by atoms with Crippen molar-refractivity contribution in [1.29, 1.82) is 0 Å². The summed E-state index contributed by atoms with van der Waals surface area (Å²) in [6.45, 7) is 3.78. The molecule has 7 nitrogen and oxygen atoms in total. The van der Waals surface area contributed by atoms with E-state index in [-0.39, 0.29) is 0 Å². The molecule has 0 atom stereocenters. The highest BCUT2D eigenvalue weighted by Crippen LogP contribution is 2.41. The van der Waals surface area contributed by atoms with E-state index in [9.17, 15) is 0 Å². The molecule has 1 aliphatic heterocycles. The molecule has 4 aromatic rings. The monoisotopic (exact) mass is 425 g/mol. The first-order chi connectivity index (χ1) is 15.4. The van der Waals surface area contributed by atoms with E-state index in [1.165, 1.54) is 0 Å². The highest BCUT2D eigenvalue weighted by molar-refractivity contribution is 5.68. The van der Waals surface area contributed by atoms with E-state index < -0.39 is 5.79 Å². The Labute approximate surface area is 186 Å². The van der Waals surface area contributed by atoms with Crippen molar-refractivity contribution in [2.45, 2.75) is 19.6 Å². The molecule has 7 heteroatoms. The number of rotatable bonds is 4. The van der Waals surface area contributed by atoms with E-state index in [2.05, 4.69) is 15.0 Å². The number of hydrogen-bond donors (Lipinski definition) is 0. The average molecular weight is 425 g/mol. The number of fused-ring (bicyclic) bond motifs is 1. The van der Waals surface area contributed by atoms with E-state index >= 15 is 0 Å². The van der Waals surface area contributed by atoms with Crippen molar-refractivity contribution < 1.29 is 9.47 Å². The van der Waals surface area contributed by atoms with Gasteiger partial charge in [0.15, 0.2) is 23.1 Å². The SMILES string of the molecule is CN(C)c1nc(-c2ccccc2)nc(-c2ccc(-c3ccc4c(c3)OC(C)(C)O4)nc2)n1. The van der Waals surface area contributed by atoms with Crippen LogP contribution in [0.25, 0.3) is 34.0 Å². The Kier molecular flexibility index (Phi) is 4.74. The third kappa shape index (κ3) is 3.85. The summed E-state index contributed by atoms with van der Waals surface area (Å²) >= 11 is 0. The van der Waals surface area contributed by atoms with Gasteiger partial charge in [0, 0.05) is 50.8 Å². The smallest absolute Gasteiger partial charge is 0.246 e. The van der Waals surface area contributed by atoms with Crippen LogP contribution in [-0.4, -0.2) is 39.8 Å². The summed E-state index contributed by atoms with van der Waals surface area (Å²) < 4.78 is 11.6. The van der Waals surface area contributed by atoms with Crippen molar-refractivity contribution in [1.82, 2.24) is 19.9 Å². The quantitative estimate of drug-likeness (QED) is 0.463. The molecule has 0 spiro atoms. The summed E-state index contributed by atoms with van der Waals surface area (Å²) in [5.74, 6) is 2.61. The molecule has 160 valence electrons. The van der Waals surface area contributed by atoms with Gasteiger partial charge in [0.05, 0.1) is 5.69 Å². The molecule has 1 aliphatic rings. The zero-order chi connectivity index (χ0) is 22.3. The van der Waals surface area contributed by atoms with Gasteiger partial charge in [-0.25, -0.2) is 4.98 Å². The molecule has 0 unspecified atom stereocenters. The van der Waals surface area contributed by atoms with E-state index in [1.807, 2.05) is 93.5 Å². The average Bonchev–Trinajstić information content (AvgIpc) is 3.12. The summed E-state index contributed by atoms with van der Waals surface area (Å²) in [5.41, 5.74) is 3.53. The lowest BCUT2D eigenvalue weighted by Crippen LogP contribution is -2.29. The van der Waals surface area contributed by atoms with Gasteiger partial charge >= 0.3 is 0 Å². The Morgan fingerprint density at radius 1 is 0.719 bits per heavy atom. The summed E-state index contributed by atoms with van der Waals surface area (Å²) in [4.78, 5) is 20.4. The summed E-state index contributed by atoms with van der Waals surface area (Å²) in [7, 11) is 3.83. The Bertz CT molecular complexity index is 1270. The molecule has 2 aromatic heterocycles. The largest absolute Gasteiger partial charge is 0.449 e. The van der Waals surface area contributed by atoms with Crippen LogP contribution in [0.4, 0.5) is 5.95 Å². The summed E-state index contributed by atoms with van der Waals surface area (Å²) in [6.07, 6.45) is 1.79. The molecular formula is C25H23N5O2. The zero-order valence-corrected chi connectivity index (χ0v) is 18.4. The van der Waals surface area contributed by atoms with E-state index in [1.54, 1.807) is 6.20 Å². The van der Waals surface area contributed by atoms with Crippen molar-refractivity contribution in [2.75, 3.05) is 19.0 Å². The van der Waals surface area contributed by atoms with Crippen molar-refractivity contribution >= 4 is 5.95 Å². The lowest BCUT2D eigenvalue weighted by Gasteiger charge is -2.16. The van der Waals surface area contributed by atoms with Crippen LogP contribution in [0.2, 0.25) is 0 Å². The Morgan fingerprint density at radius 2 is 1.41 bits per heavy atom. The molecule has 32 heavy (non-hydrogen) atoms. The van der Waals surface area contributed by atoms with E-state index in [4.69, 9.17) is 14.5 Å². The summed E-state index contributed by atoms with van der Waals surface area (Å²) in [6, 6.07) is 19.7. The minimum atomic E-state index is -0.655. The lowest BCUT2D eigenvalue weighted by atomic mass is 10.1. The van der Waals surface area contributed by atoms with Crippen LogP contribution >= 0.6 is 0 Å². The van der Waals surface area contributed by atoms with Gasteiger partial charge in [-0.2, -0.15) is 9.97 Å². The normalized spacial score (nSPS) is 13.8. The Hall–Kier alpha value is -4.00. The molecule has 0 radical (unpaired) electrons. The third-order valence-electron chi connectivity index (χ3n) is 5.03. The maximum atomic E-state index is 5.86. The van der Waals surface area contributed by atoms with Crippen molar-refractivity contribution in [2.24, 2.45) is 0 Å². The predicted molar refractivity (Wildman–Crippen MR) is 124 cm³/mol. The van der Waals surface area contributed by atoms with Crippen LogP contribution in [-0.2, 0) is 0 Å². The van der Waals surface area contributed by atoms with Gasteiger partial charge in [0.2, 0.25) is 11.7 Å². The van der Waals surface area contributed by atoms with Crippen LogP contribution in [0.3, 0.4) is 0 Å². The number of ether oxygens (including phenoxy) is 2. The number of anilines is 1. The molecule has 3 heterocycles. The lowest BCUT2D eigenvalue weighted by molar-refractivity contribution is -0.0431. The molecular weight excluding hydrogens is 402 g/mol. The summed E-state index contributed by atoms with van der Waals surface area (Å²) in [5, 5.41) is 0.